The number of benzene rings is 1. The molecule has 4 unspecified atom stereocenters. The predicted octanol–water partition coefficient (Wildman–Crippen LogP) is 1.57. The van der Waals surface area contributed by atoms with Crippen LogP contribution in [0.15, 0.2) is 58.7 Å². The van der Waals surface area contributed by atoms with E-state index in [1.165, 1.54) is 6.08 Å². The Morgan fingerprint density at radius 2 is 1.89 bits per heavy atom. The molecule has 0 radical (unpaired) electrons. The Morgan fingerprint density at radius 1 is 1.14 bits per heavy atom. The number of imide groups is 3. The van der Waals surface area contributed by atoms with E-state index in [1.807, 2.05) is 6.08 Å². The first-order valence-electron chi connectivity index (χ1n) is 11.5. The third kappa shape index (κ3) is 3.37. The van der Waals surface area contributed by atoms with Crippen molar-refractivity contribution >= 4 is 29.4 Å². The van der Waals surface area contributed by atoms with Gasteiger partial charge in [0.2, 0.25) is 11.8 Å². The quantitative estimate of drug-likeness (QED) is 0.381. The number of Topliss-reactive ketones (excluding diaryl/α,β-unsaturated/α-hetero) is 1. The van der Waals surface area contributed by atoms with Crippen LogP contribution in [-0.2, 0) is 19.2 Å². The maximum atomic E-state index is 13.4. The van der Waals surface area contributed by atoms with Crippen LogP contribution in [0.3, 0.4) is 0 Å². The molecule has 35 heavy (non-hydrogen) atoms. The summed E-state index contributed by atoms with van der Waals surface area (Å²) in [5.41, 5.74) is 7.68. The first kappa shape index (κ1) is 22.9. The average molecular weight is 476 g/mol. The van der Waals surface area contributed by atoms with Crippen molar-refractivity contribution < 1.29 is 33.8 Å². The molecule has 0 saturated carbocycles. The van der Waals surface area contributed by atoms with Crippen molar-refractivity contribution in [2.24, 2.45) is 23.5 Å². The number of amides is 4. The van der Waals surface area contributed by atoms with Crippen LogP contribution in [0.25, 0.3) is 0 Å². The summed E-state index contributed by atoms with van der Waals surface area (Å²) in [5.74, 6) is -4.26. The topological polar surface area (TPSA) is 144 Å². The van der Waals surface area contributed by atoms with Crippen LogP contribution in [0.5, 0.6) is 5.75 Å². The number of allylic oxidation sites excluding steroid dienone is 6. The molecule has 4 amide bonds. The number of nitrogens with two attached hydrogens (primary N) is 1. The zero-order valence-electron chi connectivity index (χ0n) is 19.0. The number of aliphatic hydroxyl groups excluding tert-OH is 1. The van der Waals surface area contributed by atoms with E-state index < -0.39 is 41.5 Å². The third-order valence-electron chi connectivity index (χ3n) is 7.36. The molecule has 180 valence electrons. The number of likely N-dealkylation sites (tertiary alicyclic amines) is 1. The largest absolute Gasteiger partial charge is 0.491 e. The van der Waals surface area contributed by atoms with E-state index in [-0.39, 0.29) is 37.6 Å². The molecule has 1 aromatic rings. The molecular weight excluding hydrogens is 452 g/mol. The van der Waals surface area contributed by atoms with E-state index in [2.05, 4.69) is 0 Å². The number of nitrogens with zero attached hydrogens (tertiary/aromatic N) is 1. The summed E-state index contributed by atoms with van der Waals surface area (Å²) in [7, 11) is 0. The molecule has 9 nitrogen and oxygen atoms in total. The van der Waals surface area contributed by atoms with Gasteiger partial charge in [-0.05, 0) is 37.8 Å². The minimum Gasteiger partial charge on any atom is -0.491 e. The second-order valence-corrected chi connectivity index (χ2v) is 9.19. The Bertz CT molecular complexity index is 1290. The zero-order chi connectivity index (χ0) is 25.0. The first-order valence-corrected chi connectivity index (χ1v) is 11.5. The lowest BCUT2D eigenvalue weighted by molar-refractivity contribution is -0.136. The van der Waals surface area contributed by atoms with E-state index in [9.17, 15) is 29.1 Å². The van der Waals surface area contributed by atoms with Gasteiger partial charge in [0.15, 0.2) is 11.6 Å². The lowest BCUT2D eigenvalue weighted by atomic mass is 9.59. The Labute approximate surface area is 200 Å². The van der Waals surface area contributed by atoms with Crippen LogP contribution < -0.4 is 10.5 Å². The number of para-hydroxylation sites is 1. The SMILES string of the molecule is CC1=CC(=O)C2=C(C1=O)C(c1ccccc1OCCO)C1=CCC3C(=O)N(C(N)=O)C(=O)C3C1C2. The number of rotatable bonds is 4. The van der Waals surface area contributed by atoms with Crippen molar-refractivity contribution in [3.05, 3.63) is 64.3 Å². The minimum absolute atomic E-state index is 0.0369. The van der Waals surface area contributed by atoms with Gasteiger partial charge in [-0.2, -0.15) is 4.90 Å². The fraction of sp³-hybridized carbons (Fsp3) is 0.346. The van der Waals surface area contributed by atoms with E-state index in [0.29, 0.717) is 32.9 Å². The fourth-order valence-corrected chi connectivity index (χ4v) is 5.94. The lowest BCUT2D eigenvalue weighted by Gasteiger charge is -2.42. The first-order chi connectivity index (χ1) is 16.8. The van der Waals surface area contributed by atoms with Crippen molar-refractivity contribution in [2.45, 2.75) is 25.7 Å². The van der Waals surface area contributed by atoms with Gasteiger partial charge < -0.3 is 15.6 Å². The maximum absolute atomic E-state index is 13.4. The highest BCUT2D eigenvalue weighted by Crippen LogP contribution is 2.56. The van der Waals surface area contributed by atoms with Crippen molar-refractivity contribution in [3.8, 4) is 5.75 Å². The molecule has 1 fully saturated rings. The molecular formula is C26H24N2O7. The molecule has 0 aromatic heterocycles. The standard InChI is InChI=1S/C26H24N2O7/c1-12-10-18(30)17-11-16-13(6-7-15-21(16)25(33)28(24(15)32)26(27)34)20(22(17)23(12)31)14-4-2-3-5-19(14)35-9-8-29/h2-6,10,15-16,20-21,29H,7-9,11H2,1H3,(H2,27,34). The number of hydrogen-bond acceptors (Lipinski definition) is 7. The monoisotopic (exact) mass is 476 g/mol. The molecule has 5 rings (SSSR count). The summed E-state index contributed by atoms with van der Waals surface area (Å²) < 4.78 is 5.76. The van der Waals surface area contributed by atoms with Crippen LogP contribution in [0.1, 0.15) is 31.2 Å². The molecule has 0 bridgehead atoms. The maximum Gasteiger partial charge on any atom is 0.328 e. The molecule has 4 atom stereocenters. The Balaban J connectivity index is 1.69. The summed E-state index contributed by atoms with van der Waals surface area (Å²) in [5, 5.41) is 9.28. The molecule has 1 saturated heterocycles. The van der Waals surface area contributed by atoms with Crippen LogP contribution >= 0.6 is 0 Å². The van der Waals surface area contributed by atoms with Gasteiger partial charge in [-0.3, -0.25) is 19.2 Å². The van der Waals surface area contributed by atoms with Crippen LogP contribution in [0.2, 0.25) is 0 Å². The van der Waals surface area contributed by atoms with Gasteiger partial charge in [-0.1, -0.05) is 29.8 Å². The number of primary amides is 1. The minimum atomic E-state index is -1.12. The number of ketones is 2. The zero-order valence-corrected chi connectivity index (χ0v) is 19.0. The summed E-state index contributed by atoms with van der Waals surface area (Å²) in [6, 6.07) is 5.94. The Morgan fingerprint density at radius 3 is 2.60 bits per heavy atom. The number of carbonyl (C=O) groups is 5. The van der Waals surface area contributed by atoms with Gasteiger partial charge in [-0.25, -0.2) is 4.79 Å². The Kier molecular flexibility index (Phi) is 5.52. The molecule has 1 aliphatic heterocycles. The van der Waals surface area contributed by atoms with Gasteiger partial charge in [0, 0.05) is 28.2 Å². The van der Waals surface area contributed by atoms with Crippen molar-refractivity contribution in [1.29, 1.82) is 0 Å². The molecule has 0 spiro atoms. The summed E-state index contributed by atoms with van der Waals surface area (Å²) in [6.07, 6.45) is 3.47. The van der Waals surface area contributed by atoms with E-state index >= 15 is 0 Å². The smallest absolute Gasteiger partial charge is 0.328 e. The second-order valence-electron chi connectivity index (χ2n) is 9.19. The Hall–Kier alpha value is -3.85. The molecule has 3 aliphatic carbocycles. The average Bonchev–Trinajstić information content (AvgIpc) is 3.10. The highest BCUT2D eigenvalue weighted by atomic mass is 16.5. The predicted molar refractivity (Wildman–Crippen MR) is 122 cm³/mol. The summed E-state index contributed by atoms with van der Waals surface area (Å²) in [6.45, 7) is 1.42. The highest BCUT2D eigenvalue weighted by Gasteiger charge is 2.57. The van der Waals surface area contributed by atoms with Crippen molar-refractivity contribution in [3.63, 3.8) is 0 Å². The van der Waals surface area contributed by atoms with E-state index in [0.717, 1.165) is 5.57 Å². The third-order valence-corrected chi connectivity index (χ3v) is 7.36. The van der Waals surface area contributed by atoms with Crippen molar-refractivity contribution in [1.82, 2.24) is 4.90 Å². The van der Waals surface area contributed by atoms with Gasteiger partial charge >= 0.3 is 6.03 Å². The number of hydrogen-bond donors (Lipinski definition) is 2. The number of carbonyl (C=O) groups excluding carboxylic acids is 5. The number of fused-ring (bicyclic) bond motifs is 3. The summed E-state index contributed by atoms with van der Waals surface area (Å²) >= 11 is 0. The number of aliphatic hydroxyl groups is 1. The second kappa shape index (κ2) is 8.42. The van der Waals surface area contributed by atoms with E-state index in [4.69, 9.17) is 10.5 Å². The van der Waals surface area contributed by atoms with Crippen LogP contribution in [0, 0.1) is 17.8 Å². The van der Waals surface area contributed by atoms with Crippen LogP contribution in [0.4, 0.5) is 4.79 Å². The molecule has 1 aromatic carbocycles. The highest BCUT2D eigenvalue weighted by molar-refractivity contribution is 6.24. The molecule has 1 heterocycles. The van der Waals surface area contributed by atoms with Gasteiger partial charge in [0.05, 0.1) is 18.4 Å². The number of ether oxygens (including phenoxy) is 1. The summed E-state index contributed by atoms with van der Waals surface area (Å²) in [4.78, 5) is 64.9. The molecule has 4 aliphatic rings. The molecule has 9 heteroatoms. The van der Waals surface area contributed by atoms with E-state index in [1.54, 1.807) is 31.2 Å². The van der Waals surface area contributed by atoms with Gasteiger partial charge in [-0.15, -0.1) is 0 Å². The fourth-order valence-electron chi connectivity index (χ4n) is 5.94. The molecule has 3 N–H and O–H groups in total. The van der Waals surface area contributed by atoms with Gasteiger partial charge in [0.25, 0.3) is 0 Å². The lowest BCUT2D eigenvalue weighted by Crippen LogP contribution is -2.42. The normalized spacial score (nSPS) is 27.8. The van der Waals surface area contributed by atoms with Crippen LogP contribution in [-0.4, -0.2) is 52.6 Å². The van der Waals surface area contributed by atoms with Gasteiger partial charge in [0.1, 0.15) is 12.4 Å². The number of urea groups is 1. The van der Waals surface area contributed by atoms with Crippen molar-refractivity contribution in [2.75, 3.05) is 13.2 Å².